The van der Waals surface area contributed by atoms with E-state index in [1.54, 1.807) is 0 Å². The summed E-state index contributed by atoms with van der Waals surface area (Å²) in [5, 5.41) is 5.11. The highest BCUT2D eigenvalue weighted by Gasteiger charge is 2.38. The molecule has 1 aromatic carbocycles. The minimum absolute atomic E-state index is 0.229. The number of rotatable bonds is 4. The number of thiophene rings is 1. The van der Waals surface area contributed by atoms with Crippen molar-refractivity contribution in [1.29, 1.82) is 0 Å². The van der Waals surface area contributed by atoms with E-state index in [1.165, 1.54) is 16.2 Å². The maximum atomic E-state index is 12.6. The molecule has 2 aromatic rings. The minimum atomic E-state index is -0.262. The summed E-state index contributed by atoms with van der Waals surface area (Å²) in [7, 11) is 0. The maximum absolute atomic E-state index is 12.6. The van der Waals surface area contributed by atoms with Gasteiger partial charge in [-0.25, -0.2) is 0 Å². The number of benzene rings is 1. The van der Waals surface area contributed by atoms with Crippen LogP contribution in [0.4, 0.5) is 5.69 Å². The normalized spacial score (nSPS) is 14.8. The Morgan fingerprint density at radius 1 is 1.13 bits per heavy atom. The first-order valence-corrected chi connectivity index (χ1v) is 8.39. The van der Waals surface area contributed by atoms with E-state index in [0.717, 1.165) is 21.7 Å². The third-order valence-electron chi connectivity index (χ3n) is 3.90. The number of aryl methyl sites for hydroxylation is 2. The number of carbonyl (C=O) groups excluding carboxylic acids is 2. The number of hydrogen-bond donors (Lipinski definition) is 1. The van der Waals surface area contributed by atoms with Gasteiger partial charge in [-0.3, -0.25) is 14.5 Å². The van der Waals surface area contributed by atoms with Crippen molar-refractivity contribution >= 4 is 34.4 Å². The Morgan fingerprint density at radius 2 is 1.91 bits per heavy atom. The maximum Gasteiger partial charge on any atom is 0.278 e. The molecule has 4 nitrogen and oxygen atoms in total. The Morgan fingerprint density at radius 3 is 2.57 bits per heavy atom. The van der Waals surface area contributed by atoms with Crippen LogP contribution in [0.2, 0.25) is 0 Å². The van der Waals surface area contributed by atoms with Gasteiger partial charge >= 0.3 is 0 Å². The van der Waals surface area contributed by atoms with Gasteiger partial charge in [-0.05, 0) is 49.4 Å². The first-order chi connectivity index (χ1) is 11.0. The molecule has 3 rings (SSSR count). The van der Waals surface area contributed by atoms with Crippen LogP contribution in [-0.4, -0.2) is 23.3 Å². The van der Waals surface area contributed by atoms with Crippen LogP contribution in [0.15, 0.2) is 41.4 Å². The SMILES string of the molecule is CCN1C(=O)C(Nc2cc(C)ccc2C)=C(c2cccs2)C1=O. The number of carbonyl (C=O) groups is 2. The molecule has 0 unspecified atom stereocenters. The van der Waals surface area contributed by atoms with Crippen LogP contribution in [0.5, 0.6) is 0 Å². The number of anilines is 1. The third-order valence-corrected chi connectivity index (χ3v) is 4.79. The molecular formula is C18H18N2O2S. The molecule has 2 amide bonds. The second-order valence-corrected chi connectivity index (χ2v) is 6.47. The molecule has 0 saturated heterocycles. The van der Waals surface area contributed by atoms with E-state index in [-0.39, 0.29) is 11.8 Å². The third kappa shape index (κ3) is 2.68. The van der Waals surface area contributed by atoms with Crippen molar-refractivity contribution in [2.24, 2.45) is 0 Å². The molecule has 1 aromatic heterocycles. The van der Waals surface area contributed by atoms with Crippen molar-refractivity contribution in [1.82, 2.24) is 4.90 Å². The van der Waals surface area contributed by atoms with Gasteiger partial charge in [0.05, 0.1) is 5.57 Å². The summed E-state index contributed by atoms with van der Waals surface area (Å²) in [4.78, 5) is 27.3. The van der Waals surface area contributed by atoms with Crippen molar-refractivity contribution in [2.45, 2.75) is 20.8 Å². The lowest BCUT2D eigenvalue weighted by Crippen LogP contribution is -2.32. The van der Waals surface area contributed by atoms with Gasteiger partial charge in [0.2, 0.25) is 0 Å². The highest BCUT2D eigenvalue weighted by atomic mass is 32.1. The standard InChI is InChI=1S/C18H18N2O2S/c1-4-20-17(21)15(14-6-5-9-23-14)16(18(20)22)19-13-10-11(2)7-8-12(13)3/h5-10,19H,4H2,1-3H3. The van der Waals surface area contributed by atoms with Crippen LogP contribution < -0.4 is 5.32 Å². The number of likely N-dealkylation sites (N-methyl/N-ethyl adjacent to an activating group) is 1. The molecule has 0 fully saturated rings. The lowest BCUT2D eigenvalue weighted by molar-refractivity contribution is -0.136. The summed E-state index contributed by atoms with van der Waals surface area (Å²) < 4.78 is 0. The van der Waals surface area contributed by atoms with Crippen molar-refractivity contribution in [2.75, 3.05) is 11.9 Å². The summed E-state index contributed by atoms with van der Waals surface area (Å²) in [5.74, 6) is -0.491. The molecule has 118 valence electrons. The highest BCUT2D eigenvalue weighted by Crippen LogP contribution is 2.33. The molecule has 1 aliphatic rings. The van der Waals surface area contributed by atoms with Gasteiger partial charge in [-0.15, -0.1) is 11.3 Å². The van der Waals surface area contributed by atoms with Crippen LogP contribution in [0.25, 0.3) is 5.57 Å². The molecule has 23 heavy (non-hydrogen) atoms. The van der Waals surface area contributed by atoms with E-state index in [1.807, 2.05) is 56.5 Å². The average molecular weight is 326 g/mol. The van der Waals surface area contributed by atoms with Gasteiger partial charge in [0, 0.05) is 17.1 Å². The summed E-state index contributed by atoms with van der Waals surface area (Å²) in [6, 6.07) is 9.77. The predicted octanol–water partition coefficient (Wildman–Crippen LogP) is 3.58. The van der Waals surface area contributed by atoms with Crippen molar-refractivity contribution in [3.63, 3.8) is 0 Å². The minimum Gasteiger partial charge on any atom is -0.350 e. The number of hydrogen-bond acceptors (Lipinski definition) is 4. The Balaban J connectivity index is 2.10. The van der Waals surface area contributed by atoms with E-state index in [0.29, 0.717) is 17.8 Å². The fraction of sp³-hybridized carbons (Fsp3) is 0.222. The number of nitrogens with zero attached hydrogens (tertiary/aromatic N) is 1. The van der Waals surface area contributed by atoms with Gasteiger partial charge < -0.3 is 5.32 Å². The first-order valence-electron chi connectivity index (χ1n) is 7.51. The number of nitrogens with one attached hydrogen (secondary N) is 1. The molecule has 1 N–H and O–H groups in total. The van der Waals surface area contributed by atoms with Gasteiger partial charge in [-0.1, -0.05) is 18.2 Å². The van der Waals surface area contributed by atoms with Crippen molar-refractivity contribution in [3.05, 3.63) is 57.4 Å². The second-order valence-electron chi connectivity index (χ2n) is 5.53. The molecule has 0 aliphatic carbocycles. The molecule has 0 radical (unpaired) electrons. The Hall–Kier alpha value is -2.40. The monoisotopic (exact) mass is 326 g/mol. The number of imide groups is 1. The predicted molar refractivity (Wildman–Crippen MR) is 93.2 cm³/mol. The largest absolute Gasteiger partial charge is 0.350 e. The van der Waals surface area contributed by atoms with Gasteiger partial charge in [0.25, 0.3) is 11.8 Å². The molecule has 0 saturated carbocycles. The van der Waals surface area contributed by atoms with Crippen LogP contribution in [0.1, 0.15) is 22.9 Å². The summed E-state index contributed by atoms with van der Waals surface area (Å²) in [6.07, 6.45) is 0. The highest BCUT2D eigenvalue weighted by molar-refractivity contribution is 7.11. The van der Waals surface area contributed by atoms with Gasteiger partial charge in [-0.2, -0.15) is 0 Å². The molecule has 1 aliphatic heterocycles. The van der Waals surface area contributed by atoms with Crippen LogP contribution in [-0.2, 0) is 9.59 Å². The lowest BCUT2D eigenvalue weighted by Gasteiger charge is -2.13. The van der Waals surface area contributed by atoms with E-state index in [2.05, 4.69) is 5.32 Å². The zero-order chi connectivity index (χ0) is 16.6. The Bertz CT molecular complexity index is 806. The quantitative estimate of drug-likeness (QED) is 0.874. The van der Waals surface area contributed by atoms with Crippen LogP contribution in [0.3, 0.4) is 0 Å². The first kappa shape index (κ1) is 15.5. The zero-order valence-corrected chi connectivity index (χ0v) is 14.2. The smallest absolute Gasteiger partial charge is 0.278 e. The molecule has 0 bridgehead atoms. The van der Waals surface area contributed by atoms with E-state index >= 15 is 0 Å². The fourth-order valence-electron chi connectivity index (χ4n) is 2.63. The molecule has 0 atom stereocenters. The summed E-state index contributed by atoms with van der Waals surface area (Å²) >= 11 is 1.46. The van der Waals surface area contributed by atoms with Crippen molar-refractivity contribution in [3.8, 4) is 0 Å². The topological polar surface area (TPSA) is 49.4 Å². The van der Waals surface area contributed by atoms with Crippen LogP contribution in [0, 0.1) is 13.8 Å². The van der Waals surface area contributed by atoms with E-state index < -0.39 is 0 Å². The van der Waals surface area contributed by atoms with Crippen molar-refractivity contribution < 1.29 is 9.59 Å². The zero-order valence-electron chi connectivity index (χ0n) is 13.3. The lowest BCUT2D eigenvalue weighted by atomic mass is 10.1. The van der Waals surface area contributed by atoms with Gasteiger partial charge in [0.15, 0.2) is 0 Å². The Labute approximate surface area is 139 Å². The van der Waals surface area contributed by atoms with E-state index in [9.17, 15) is 9.59 Å². The van der Waals surface area contributed by atoms with Crippen LogP contribution >= 0.6 is 11.3 Å². The number of amides is 2. The summed E-state index contributed by atoms with van der Waals surface area (Å²) in [5.41, 5.74) is 3.82. The fourth-order valence-corrected chi connectivity index (χ4v) is 3.40. The van der Waals surface area contributed by atoms with E-state index in [4.69, 9.17) is 0 Å². The second kappa shape index (κ2) is 6.01. The molecule has 5 heteroatoms. The average Bonchev–Trinajstić information content (AvgIpc) is 3.11. The molecule has 2 heterocycles. The summed E-state index contributed by atoms with van der Waals surface area (Å²) in [6.45, 7) is 6.15. The Kier molecular flexibility index (Phi) is 4.05. The molecule has 0 spiro atoms. The van der Waals surface area contributed by atoms with Gasteiger partial charge in [0.1, 0.15) is 5.70 Å². The molecular weight excluding hydrogens is 308 g/mol.